The van der Waals surface area contributed by atoms with Gasteiger partial charge in [0.2, 0.25) is 0 Å². The molecule has 7 nitrogen and oxygen atoms in total. The summed E-state index contributed by atoms with van der Waals surface area (Å²) in [5, 5.41) is 11.7. The maximum Gasteiger partial charge on any atom is 0.275 e. The molecule has 24 heavy (non-hydrogen) atoms. The Morgan fingerprint density at radius 2 is 2.17 bits per heavy atom. The Morgan fingerprint density at radius 1 is 1.42 bits per heavy atom. The van der Waals surface area contributed by atoms with Gasteiger partial charge in [0.05, 0.1) is 24.9 Å². The van der Waals surface area contributed by atoms with Gasteiger partial charge in [-0.3, -0.25) is 14.6 Å². The fourth-order valence-corrected chi connectivity index (χ4v) is 3.25. The minimum absolute atomic E-state index is 0.0610. The highest BCUT2D eigenvalue weighted by Crippen LogP contribution is 2.30. The van der Waals surface area contributed by atoms with Crippen molar-refractivity contribution in [3.63, 3.8) is 0 Å². The van der Waals surface area contributed by atoms with Crippen LogP contribution in [0.2, 0.25) is 0 Å². The van der Waals surface area contributed by atoms with Gasteiger partial charge in [0.15, 0.2) is 0 Å². The van der Waals surface area contributed by atoms with Crippen LogP contribution in [0.25, 0.3) is 0 Å². The smallest absolute Gasteiger partial charge is 0.275 e. The van der Waals surface area contributed by atoms with Crippen LogP contribution in [0.1, 0.15) is 58.9 Å². The molecule has 0 radical (unpaired) electrons. The number of ether oxygens (including phenoxy) is 1. The van der Waals surface area contributed by atoms with E-state index in [1.54, 1.807) is 0 Å². The number of nitrogens with one attached hydrogen (secondary N) is 1. The third-order valence-electron chi connectivity index (χ3n) is 4.73. The standard InChI is InChI=1S/C17H25N5O2/c1-10(2)13-8-14(19-18-13)17(23)22-6-7-24-9-15(22)16-11(3)20-21(5)12(16)4/h8,10,15H,6-7,9H2,1-5H3,(H,18,19)/t15-/m0/s1. The van der Waals surface area contributed by atoms with Crippen LogP contribution in [0.3, 0.4) is 0 Å². The molecule has 0 bridgehead atoms. The van der Waals surface area contributed by atoms with Gasteiger partial charge >= 0.3 is 0 Å². The van der Waals surface area contributed by atoms with E-state index in [2.05, 4.69) is 29.1 Å². The van der Waals surface area contributed by atoms with Crippen molar-refractivity contribution in [2.24, 2.45) is 7.05 Å². The SMILES string of the molecule is Cc1nn(C)c(C)c1[C@@H]1COCCN1C(=O)c1cc(C(C)C)[nH]n1. The third-order valence-corrected chi connectivity index (χ3v) is 4.73. The van der Waals surface area contributed by atoms with Gasteiger partial charge in [-0.2, -0.15) is 10.2 Å². The maximum atomic E-state index is 13.0. The number of rotatable bonds is 3. The first-order valence-corrected chi connectivity index (χ1v) is 8.34. The molecule has 2 aromatic rings. The van der Waals surface area contributed by atoms with Crippen molar-refractivity contribution < 1.29 is 9.53 Å². The predicted molar refractivity (Wildman–Crippen MR) is 90.0 cm³/mol. The number of hydrogen-bond donors (Lipinski definition) is 1. The number of aromatic nitrogens is 4. The molecule has 1 aliphatic heterocycles. The largest absolute Gasteiger partial charge is 0.377 e. The van der Waals surface area contributed by atoms with Crippen molar-refractivity contribution in [1.82, 2.24) is 24.9 Å². The number of aromatic amines is 1. The average molecular weight is 331 g/mol. The van der Waals surface area contributed by atoms with E-state index in [1.807, 2.05) is 36.5 Å². The zero-order chi connectivity index (χ0) is 17.4. The molecule has 7 heteroatoms. The molecule has 0 spiro atoms. The highest BCUT2D eigenvalue weighted by atomic mass is 16.5. The van der Waals surface area contributed by atoms with E-state index in [9.17, 15) is 4.79 Å². The molecule has 1 fully saturated rings. The Hall–Kier alpha value is -2.15. The van der Waals surface area contributed by atoms with Crippen LogP contribution in [0.5, 0.6) is 0 Å². The summed E-state index contributed by atoms with van der Waals surface area (Å²) in [6.07, 6.45) is 0. The van der Waals surface area contributed by atoms with Crippen molar-refractivity contribution in [1.29, 1.82) is 0 Å². The molecule has 1 N–H and O–H groups in total. The summed E-state index contributed by atoms with van der Waals surface area (Å²) < 4.78 is 7.51. The summed E-state index contributed by atoms with van der Waals surface area (Å²) in [6, 6.07) is 1.72. The highest BCUT2D eigenvalue weighted by molar-refractivity contribution is 5.92. The first kappa shape index (κ1) is 16.7. The topological polar surface area (TPSA) is 76.0 Å². The van der Waals surface area contributed by atoms with Gasteiger partial charge in [0, 0.05) is 30.5 Å². The van der Waals surface area contributed by atoms with Crippen molar-refractivity contribution in [2.45, 2.75) is 39.7 Å². The van der Waals surface area contributed by atoms with Gasteiger partial charge in [0.1, 0.15) is 5.69 Å². The van der Waals surface area contributed by atoms with Crippen LogP contribution < -0.4 is 0 Å². The van der Waals surface area contributed by atoms with Crippen LogP contribution in [0.15, 0.2) is 6.07 Å². The molecular weight excluding hydrogens is 306 g/mol. The molecule has 0 unspecified atom stereocenters. The van der Waals surface area contributed by atoms with Crippen molar-refractivity contribution in [3.05, 3.63) is 34.4 Å². The van der Waals surface area contributed by atoms with E-state index in [1.165, 1.54) is 0 Å². The molecule has 2 aromatic heterocycles. The first-order valence-electron chi connectivity index (χ1n) is 8.34. The lowest BCUT2D eigenvalue weighted by molar-refractivity contribution is -0.00336. The predicted octanol–water partition coefficient (Wildman–Crippen LogP) is 2.10. The van der Waals surface area contributed by atoms with Crippen LogP contribution in [-0.2, 0) is 11.8 Å². The van der Waals surface area contributed by atoms with Gasteiger partial charge < -0.3 is 9.64 Å². The Labute approximate surface area is 142 Å². The van der Waals surface area contributed by atoms with Gasteiger partial charge in [0.25, 0.3) is 5.91 Å². The van der Waals surface area contributed by atoms with E-state index < -0.39 is 0 Å². The number of carbonyl (C=O) groups is 1. The molecule has 0 aromatic carbocycles. The number of carbonyl (C=O) groups excluding carboxylic acids is 1. The van der Waals surface area contributed by atoms with E-state index in [4.69, 9.17) is 4.74 Å². The van der Waals surface area contributed by atoms with E-state index in [0.717, 1.165) is 22.6 Å². The van der Waals surface area contributed by atoms with E-state index in [0.29, 0.717) is 31.4 Å². The fourth-order valence-electron chi connectivity index (χ4n) is 3.25. The lowest BCUT2D eigenvalue weighted by Crippen LogP contribution is -2.44. The summed E-state index contributed by atoms with van der Waals surface area (Å²) in [5.41, 5.74) is 4.51. The van der Waals surface area contributed by atoms with Crippen LogP contribution in [-0.4, -0.2) is 50.5 Å². The third kappa shape index (κ3) is 2.84. The zero-order valence-electron chi connectivity index (χ0n) is 15.0. The van der Waals surface area contributed by atoms with Crippen LogP contribution in [0, 0.1) is 13.8 Å². The number of morpholine rings is 1. The lowest BCUT2D eigenvalue weighted by atomic mass is 10.0. The molecule has 1 atom stereocenters. The van der Waals surface area contributed by atoms with Gasteiger partial charge in [-0.25, -0.2) is 0 Å². The molecule has 3 rings (SSSR count). The Balaban J connectivity index is 1.93. The van der Waals surface area contributed by atoms with Gasteiger partial charge in [-0.1, -0.05) is 13.8 Å². The molecule has 130 valence electrons. The summed E-state index contributed by atoms with van der Waals surface area (Å²) >= 11 is 0. The number of hydrogen-bond acceptors (Lipinski definition) is 4. The fraction of sp³-hybridized carbons (Fsp3) is 0.588. The normalized spacial score (nSPS) is 18.4. The minimum atomic E-state index is -0.126. The average Bonchev–Trinajstić information content (AvgIpc) is 3.13. The van der Waals surface area contributed by atoms with Crippen molar-refractivity contribution in [2.75, 3.05) is 19.8 Å². The number of amides is 1. The Bertz CT molecular complexity index is 746. The first-order chi connectivity index (χ1) is 11.4. The van der Waals surface area contributed by atoms with Crippen LogP contribution in [0.4, 0.5) is 0 Å². The lowest BCUT2D eigenvalue weighted by Gasteiger charge is -2.35. The summed E-state index contributed by atoms with van der Waals surface area (Å²) in [5.74, 6) is 0.247. The van der Waals surface area contributed by atoms with Crippen molar-refractivity contribution in [3.8, 4) is 0 Å². The number of H-pyrrole nitrogens is 1. The second kappa shape index (κ2) is 6.39. The summed E-state index contributed by atoms with van der Waals surface area (Å²) in [6.45, 7) is 9.73. The highest BCUT2D eigenvalue weighted by Gasteiger charge is 2.33. The molecule has 0 aliphatic carbocycles. The van der Waals surface area contributed by atoms with E-state index in [-0.39, 0.29) is 11.9 Å². The second-order valence-corrected chi connectivity index (χ2v) is 6.66. The van der Waals surface area contributed by atoms with Gasteiger partial charge in [-0.05, 0) is 25.8 Å². The second-order valence-electron chi connectivity index (χ2n) is 6.66. The summed E-state index contributed by atoms with van der Waals surface area (Å²) in [7, 11) is 1.92. The monoisotopic (exact) mass is 331 g/mol. The minimum Gasteiger partial charge on any atom is -0.377 e. The summed E-state index contributed by atoms with van der Waals surface area (Å²) in [4.78, 5) is 14.9. The quantitative estimate of drug-likeness (QED) is 0.934. The molecule has 3 heterocycles. The zero-order valence-corrected chi connectivity index (χ0v) is 15.0. The maximum absolute atomic E-state index is 13.0. The molecule has 1 saturated heterocycles. The molecule has 1 amide bonds. The molecule has 1 aliphatic rings. The Morgan fingerprint density at radius 3 is 2.75 bits per heavy atom. The van der Waals surface area contributed by atoms with Crippen molar-refractivity contribution >= 4 is 5.91 Å². The van der Waals surface area contributed by atoms with Gasteiger partial charge in [-0.15, -0.1) is 0 Å². The molecular formula is C17H25N5O2. The van der Waals surface area contributed by atoms with E-state index >= 15 is 0 Å². The number of nitrogens with zero attached hydrogens (tertiary/aromatic N) is 4. The Kier molecular flexibility index (Phi) is 4.45. The number of aryl methyl sites for hydroxylation is 2. The molecule has 0 saturated carbocycles. The van der Waals surface area contributed by atoms with Crippen LogP contribution >= 0.6 is 0 Å².